The van der Waals surface area contributed by atoms with Crippen LogP contribution in [0.1, 0.15) is 11.1 Å². The lowest BCUT2D eigenvalue weighted by Gasteiger charge is -2.06. The molecule has 0 radical (unpaired) electrons. The number of aromatic hydroxyl groups is 1. The molecule has 1 N–H and O–H groups in total. The van der Waals surface area contributed by atoms with E-state index in [0.29, 0.717) is 5.75 Å². The molecular weight excluding hydrogens is 244 g/mol. The van der Waals surface area contributed by atoms with E-state index in [1.54, 1.807) is 6.07 Å². The summed E-state index contributed by atoms with van der Waals surface area (Å²) in [5.74, 6) is 0.323. The van der Waals surface area contributed by atoms with Gasteiger partial charge in [-0.05, 0) is 29.2 Å². The van der Waals surface area contributed by atoms with Crippen molar-refractivity contribution in [1.82, 2.24) is 0 Å². The van der Waals surface area contributed by atoms with E-state index < -0.39 is 0 Å². The molecule has 3 rings (SSSR count). The van der Waals surface area contributed by atoms with Crippen LogP contribution in [0.5, 0.6) is 5.75 Å². The number of benzene rings is 3. The fourth-order valence-corrected chi connectivity index (χ4v) is 2.35. The summed E-state index contributed by atoms with van der Waals surface area (Å²) in [4.78, 5) is 0. The molecule has 0 aliphatic rings. The molecular formula is C19H16O. The summed E-state index contributed by atoms with van der Waals surface area (Å²) >= 11 is 0. The minimum Gasteiger partial charge on any atom is -0.507 e. The van der Waals surface area contributed by atoms with E-state index in [1.807, 2.05) is 24.3 Å². The Morgan fingerprint density at radius 1 is 0.600 bits per heavy atom. The van der Waals surface area contributed by atoms with Gasteiger partial charge in [0.1, 0.15) is 5.75 Å². The predicted molar refractivity (Wildman–Crippen MR) is 82.8 cm³/mol. The molecule has 0 saturated heterocycles. The summed E-state index contributed by atoms with van der Waals surface area (Å²) in [6.45, 7) is 0. The molecule has 0 spiro atoms. The summed E-state index contributed by atoms with van der Waals surface area (Å²) in [5, 5.41) is 9.87. The molecule has 0 heterocycles. The van der Waals surface area contributed by atoms with Crippen LogP contribution in [0.4, 0.5) is 0 Å². The van der Waals surface area contributed by atoms with E-state index in [0.717, 1.165) is 17.5 Å². The lowest BCUT2D eigenvalue weighted by molar-refractivity contribution is 0.477. The van der Waals surface area contributed by atoms with Gasteiger partial charge in [-0.2, -0.15) is 0 Å². The van der Waals surface area contributed by atoms with Crippen LogP contribution in [-0.4, -0.2) is 5.11 Å². The van der Waals surface area contributed by atoms with Crippen LogP contribution >= 0.6 is 0 Å². The summed E-state index contributed by atoms with van der Waals surface area (Å²) in [5.41, 5.74) is 4.50. The Morgan fingerprint density at radius 3 is 1.90 bits per heavy atom. The molecule has 0 aromatic heterocycles. The molecule has 98 valence electrons. The van der Waals surface area contributed by atoms with Crippen LogP contribution in [0, 0.1) is 0 Å². The monoisotopic (exact) mass is 260 g/mol. The molecule has 1 nitrogen and oxygen atoms in total. The van der Waals surface area contributed by atoms with Crippen LogP contribution in [-0.2, 0) is 6.42 Å². The number of hydrogen-bond acceptors (Lipinski definition) is 1. The number of para-hydroxylation sites is 1. The van der Waals surface area contributed by atoms with Crippen molar-refractivity contribution in [2.75, 3.05) is 0 Å². The van der Waals surface area contributed by atoms with Crippen molar-refractivity contribution in [2.45, 2.75) is 6.42 Å². The number of phenolic OH excluding ortho intramolecular Hbond substituents is 1. The van der Waals surface area contributed by atoms with Crippen molar-refractivity contribution in [3.63, 3.8) is 0 Å². The lowest BCUT2D eigenvalue weighted by atomic mass is 10.00. The second-order valence-electron chi connectivity index (χ2n) is 4.88. The second-order valence-corrected chi connectivity index (χ2v) is 4.88. The maximum atomic E-state index is 9.87. The van der Waals surface area contributed by atoms with Gasteiger partial charge in [0.25, 0.3) is 0 Å². The fraction of sp³-hybridized carbons (Fsp3) is 0.0526. The molecule has 0 fully saturated rings. The standard InChI is InChI=1S/C19H16O/c20-19-9-5-4-8-18(19)17-12-10-16(11-13-17)14-15-6-2-1-3-7-15/h1-13,20H,14H2. The van der Waals surface area contributed by atoms with E-state index in [1.165, 1.54) is 11.1 Å². The van der Waals surface area contributed by atoms with Gasteiger partial charge < -0.3 is 5.11 Å². The quantitative estimate of drug-likeness (QED) is 0.726. The van der Waals surface area contributed by atoms with Gasteiger partial charge in [0, 0.05) is 5.56 Å². The van der Waals surface area contributed by atoms with Crippen molar-refractivity contribution < 1.29 is 5.11 Å². The highest BCUT2D eigenvalue weighted by Crippen LogP contribution is 2.28. The molecule has 0 amide bonds. The Hall–Kier alpha value is -2.54. The molecule has 20 heavy (non-hydrogen) atoms. The first kappa shape index (κ1) is 12.5. The molecule has 0 unspecified atom stereocenters. The molecule has 0 aliphatic carbocycles. The van der Waals surface area contributed by atoms with Crippen molar-refractivity contribution >= 4 is 0 Å². The molecule has 3 aromatic carbocycles. The first-order valence-electron chi connectivity index (χ1n) is 6.74. The fourth-order valence-electron chi connectivity index (χ4n) is 2.35. The summed E-state index contributed by atoms with van der Waals surface area (Å²) in [6.07, 6.45) is 0.932. The highest BCUT2D eigenvalue weighted by atomic mass is 16.3. The molecule has 3 aromatic rings. The van der Waals surface area contributed by atoms with E-state index in [2.05, 4.69) is 48.5 Å². The molecule has 1 heteroatoms. The Labute approximate surface area is 119 Å². The summed E-state index contributed by atoms with van der Waals surface area (Å²) in [7, 11) is 0. The SMILES string of the molecule is Oc1ccccc1-c1ccc(Cc2ccccc2)cc1. The largest absolute Gasteiger partial charge is 0.507 e. The van der Waals surface area contributed by atoms with Crippen LogP contribution < -0.4 is 0 Å². The van der Waals surface area contributed by atoms with Crippen molar-refractivity contribution in [3.05, 3.63) is 90.0 Å². The zero-order chi connectivity index (χ0) is 13.8. The first-order valence-corrected chi connectivity index (χ1v) is 6.74. The Morgan fingerprint density at radius 2 is 1.20 bits per heavy atom. The predicted octanol–water partition coefficient (Wildman–Crippen LogP) is 4.65. The molecule has 0 bridgehead atoms. The van der Waals surface area contributed by atoms with E-state index in [-0.39, 0.29) is 0 Å². The highest BCUT2D eigenvalue weighted by molar-refractivity contribution is 5.70. The Kier molecular flexibility index (Phi) is 3.51. The van der Waals surface area contributed by atoms with Crippen molar-refractivity contribution in [3.8, 4) is 16.9 Å². The van der Waals surface area contributed by atoms with Gasteiger partial charge in [0.2, 0.25) is 0 Å². The minimum atomic E-state index is 0.323. The maximum Gasteiger partial charge on any atom is 0.123 e. The summed E-state index contributed by atoms with van der Waals surface area (Å²) in [6, 6.07) is 26.2. The van der Waals surface area contributed by atoms with Crippen LogP contribution in [0.2, 0.25) is 0 Å². The average Bonchev–Trinajstić information content (AvgIpc) is 2.50. The Bertz CT molecular complexity index is 684. The van der Waals surface area contributed by atoms with Crippen LogP contribution in [0.25, 0.3) is 11.1 Å². The van der Waals surface area contributed by atoms with E-state index in [4.69, 9.17) is 0 Å². The van der Waals surface area contributed by atoms with Crippen LogP contribution in [0.15, 0.2) is 78.9 Å². The summed E-state index contributed by atoms with van der Waals surface area (Å²) < 4.78 is 0. The lowest BCUT2D eigenvalue weighted by Crippen LogP contribution is -1.87. The van der Waals surface area contributed by atoms with E-state index in [9.17, 15) is 5.11 Å². The van der Waals surface area contributed by atoms with Gasteiger partial charge in [0.05, 0.1) is 0 Å². The maximum absolute atomic E-state index is 9.87. The third-order valence-electron chi connectivity index (χ3n) is 3.42. The van der Waals surface area contributed by atoms with Gasteiger partial charge in [-0.1, -0.05) is 72.8 Å². The van der Waals surface area contributed by atoms with Gasteiger partial charge in [-0.3, -0.25) is 0 Å². The average molecular weight is 260 g/mol. The van der Waals surface area contributed by atoms with E-state index >= 15 is 0 Å². The topological polar surface area (TPSA) is 20.2 Å². The second kappa shape index (κ2) is 5.62. The van der Waals surface area contributed by atoms with Gasteiger partial charge >= 0.3 is 0 Å². The highest BCUT2D eigenvalue weighted by Gasteiger charge is 2.03. The minimum absolute atomic E-state index is 0.323. The Balaban J connectivity index is 1.83. The zero-order valence-corrected chi connectivity index (χ0v) is 11.2. The van der Waals surface area contributed by atoms with Gasteiger partial charge in [-0.15, -0.1) is 0 Å². The number of phenols is 1. The smallest absolute Gasteiger partial charge is 0.123 e. The van der Waals surface area contributed by atoms with Gasteiger partial charge in [0.15, 0.2) is 0 Å². The number of rotatable bonds is 3. The normalized spacial score (nSPS) is 10.4. The molecule has 0 saturated carbocycles. The van der Waals surface area contributed by atoms with Crippen molar-refractivity contribution in [1.29, 1.82) is 0 Å². The number of hydrogen-bond donors (Lipinski definition) is 1. The zero-order valence-electron chi connectivity index (χ0n) is 11.2. The van der Waals surface area contributed by atoms with Gasteiger partial charge in [-0.25, -0.2) is 0 Å². The van der Waals surface area contributed by atoms with Crippen LogP contribution in [0.3, 0.4) is 0 Å². The third kappa shape index (κ3) is 2.72. The molecule has 0 atom stereocenters. The third-order valence-corrected chi connectivity index (χ3v) is 3.42. The molecule has 0 aliphatic heterocycles. The van der Waals surface area contributed by atoms with Crippen molar-refractivity contribution in [2.24, 2.45) is 0 Å². The first-order chi connectivity index (χ1) is 9.83.